The summed E-state index contributed by atoms with van der Waals surface area (Å²) in [5.74, 6) is 3.24. The largest absolute Gasteiger partial charge is 0.458 e. The van der Waals surface area contributed by atoms with E-state index in [2.05, 4.69) is 16.8 Å². The van der Waals surface area contributed by atoms with E-state index < -0.39 is 78.5 Å². The van der Waals surface area contributed by atoms with Crippen LogP contribution in [0.15, 0.2) is 41.5 Å². The summed E-state index contributed by atoms with van der Waals surface area (Å²) in [6.45, 7) is 14.1. The number of hydrogen-bond acceptors (Lipinski definition) is 12. The molecule has 6 rings (SSSR count). The lowest BCUT2D eigenvalue weighted by Crippen LogP contribution is -2.58. The first-order valence-electron chi connectivity index (χ1n) is 20.0. The maximum absolute atomic E-state index is 14.1. The van der Waals surface area contributed by atoms with Crippen LogP contribution in [0.4, 0.5) is 4.79 Å². The van der Waals surface area contributed by atoms with E-state index in [1.165, 1.54) is 0 Å². The van der Waals surface area contributed by atoms with Gasteiger partial charge in [0.1, 0.15) is 31.0 Å². The van der Waals surface area contributed by atoms with Gasteiger partial charge in [-0.3, -0.25) is 24.5 Å². The van der Waals surface area contributed by atoms with Gasteiger partial charge in [-0.15, -0.1) is 0 Å². The van der Waals surface area contributed by atoms with Gasteiger partial charge in [0, 0.05) is 59.1 Å². The molecule has 1 aromatic carbocycles. The van der Waals surface area contributed by atoms with E-state index in [1.54, 1.807) is 18.0 Å². The highest BCUT2D eigenvalue weighted by Crippen LogP contribution is 2.43. The summed E-state index contributed by atoms with van der Waals surface area (Å²) in [6, 6.07) is 9.08. The monoisotopic (exact) mass is 774 g/mol. The summed E-state index contributed by atoms with van der Waals surface area (Å²) < 4.78 is 31.9. The van der Waals surface area contributed by atoms with Gasteiger partial charge in [-0.05, 0) is 52.9 Å². The van der Waals surface area contributed by atoms with E-state index in [1.807, 2.05) is 90.9 Å². The van der Waals surface area contributed by atoms with E-state index in [-0.39, 0.29) is 30.6 Å². The van der Waals surface area contributed by atoms with E-state index >= 15 is 0 Å². The molecule has 2 bridgehead atoms. The fourth-order valence-corrected chi connectivity index (χ4v) is 9.46. The van der Waals surface area contributed by atoms with Gasteiger partial charge in [0.05, 0.1) is 36.4 Å². The number of nitrogens with zero attached hydrogens (tertiary/aromatic N) is 4. The second-order valence-corrected chi connectivity index (χ2v) is 16.4. The van der Waals surface area contributed by atoms with E-state index in [4.69, 9.17) is 28.7 Å². The molecule has 5 heterocycles. The molecule has 0 saturated carbocycles. The van der Waals surface area contributed by atoms with Crippen LogP contribution in [0.5, 0.6) is 0 Å². The van der Waals surface area contributed by atoms with Crippen molar-refractivity contribution >= 4 is 34.5 Å². The number of para-hydroxylation sites is 1. The van der Waals surface area contributed by atoms with Crippen LogP contribution >= 0.6 is 0 Å². The Bertz CT molecular complexity index is 1860. The number of ether oxygens (including phenoxy) is 5. The third-order valence-electron chi connectivity index (χ3n) is 12.4. The lowest BCUT2D eigenvalue weighted by atomic mass is 9.73. The molecular formula is C43H58N4O9. The molecule has 1 unspecified atom stereocenters. The molecule has 304 valence electrons. The average molecular weight is 775 g/mol. The van der Waals surface area contributed by atoms with Crippen LogP contribution < -0.4 is 0 Å². The first kappa shape index (κ1) is 41.7. The van der Waals surface area contributed by atoms with Gasteiger partial charge in [0.2, 0.25) is 0 Å². The number of ketones is 1. The van der Waals surface area contributed by atoms with Crippen LogP contribution in [0.1, 0.15) is 73.3 Å². The molecule has 4 aliphatic heterocycles. The van der Waals surface area contributed by atoms with Crippen molar-refractivity contribution in [1.82, 2.24) is 14.8 Å². The standard InChI is InChI=1S/C43H58N4O9/c1-10-34-43(7)40-27(5)36(44-17-18-47(40)42(51)56-43)26(4)38(52-19-13-14-29-21-30-15-11-12-16-31(30)45-23-29)28(6)39(25(3)33(48)22-35(49)54-34)55-41-37(50)32(46(8)9)20-24(2)53-41/h11-12,15-16,21,23-28,32,34,37-41,50H,10,17-20,22H2,1-9H3/t24-,25+,26+,27+,28+,32+,34-,37-,38+,39-,40?,41+,43-/m1/s1. The molecule has 13 heteroatoms. The van der Waals surface area contributed by atoms with Gasteiger partial charge >= 0.3 is 12.1 Å². The van der Waals surface area contributed by atoms with Crippen molar-refractivity contribution < 1.29 is 43.2 Å². The van der Waals surface area contributed by atoms with E-state index in [0.717, 1.165) is 22.2 Å². The summed E-state index contributed by atoms with van der Waals surface area (Å²) in [5, 5.41) is 12.5. The van der Waals surface area contributed by atoms with Gasteiger partial charge in [-0.2, -0.15) is 0 Å². The zero-order valence-electron chi connectivity index (χ0n) is 34.1. The average Bonchev–Trinajstić information content (AvgIpc) is 3.29. The number of Topliss-reactive ketones (excluding diaryl/α,β-unsaturated/α-hetero) is 1. The topological polar surface area (TPSA) is 149 Å². The van der Waals surface area contributed by atoms with Gasteiger partial charge in [-0.25, -0.2) is 4.79 Å². The number of aliphatic imine (C=N–C) groups is 1. The quantitative estimate of drug-likeness (QED) is 0.248. The lowest BCUT2D eigenvalue weighted by molar-refractivity contribution is -0.281. The molecule has 4 aliphatic rings. The highest BCUT2D eigenvalue weighted by atomic mass is 16.7. The molecule has 2 aromatic rings. The van der Waals surface area contributed by atoms with Crippen molar-refractivity contribution in [3.8, 4) is 11.8 Å². The van der Waals surface area contributed by atoms with Gasteiger partial charge in [0.25, 0.3) is 0 Å². The number of carbonyl (C=O) groups is 3. The minimum Gasteiger partial charge on any atom is -0.458 e. The number of aliphatic hydroxyl groups is 1. The first-order valence-corrected chi connectivity index (χ1v) is 20.0. The highest BCUT2D eigenvalue weighted by molar-refractivity contribution is 5.97. The predicted molar refractivity (Wildman–Crippen MR) is 210 cm³/mol. The molecule has 0 spiro atoms. The minimum absolute atomic E-state index is 0.0459. The van der Waals surface area contributed by atoms with Gasteiger partial charge in [-0.1, -0.05) is 64.7 Å². The maximum Gasteiger partial charge on any atom is 0.410 e. The van der Waals surface area contributed by atoms with E-state index in [0.29, 0.717) is 25.9 Å². The SMILES string of the molecule is CC[C@H]1OC(=O)CC(=O)[C@H](C)[C@@H](O[C@@H]2O[C@H](C)C[C@H](N(C)C)[C@H]2O)[C@@H](C)[C@@H](OCC#Cc2cnc3ccccc3c2)[C@@H](C)C2=NCCN3C(=O)O[C@@]1(C)C3[C@H]2C. The minimum atomic E-state index is -1.20. The number of benzene rings is 1. The van der Waals surface area contributed by atoms with Crippen LogP contribution in [-0.4, -0.2) is 132 Å². The molecular weight excluding hydrogens is 716 g/mol. The summed E-state index contributed by atoms with van der Waals surface area (Å²) >= 11 is 0. The number of aliphatic hydroxyl groups excluding tert-OH is 1. The van der Waals surface area contributed by atoms with Crippen molar-refractivity contribution in [2.24, 2.45) is 28.7 Å². The van der Waals surface area contributed by atoms with Crippen molar-refractivity contribution in [3.05, 3.63) is 42.1 Å². The van der Waals surface area contributed by atoms with Crippen molar-refractivity contribution in [2.45, 2.75) is 122 Å². The lowest BCUT2D eigenvalue weighted by Gasteiger charge is -2.45. The Labute approximate surface area is 330 Å². The van der Waals surface area contributed by atoms with Gasteiger partial charge in [0.15, 0.2) is 11.9 Å². The number of carbonyl (C=O) groups excluding carboxylic acids is 3. The number of rotatable bonds is 6. The number of amides is 1. The van der Waals surface area contributed by atoms with Crippen LogP contribution in [0.2, 0.25) is 0 Å². The Morgan fingerprint density at radius 3 is 2.54 bits per heavy atom. The van der Waals surface area contributed by atoms with E-state index in [9.17, 15) is 19.5 Å². The first-order chi connectivity index (χ1) is 26.6. The Morgan fingerprint density at radius 2 is 1.80 bits per heavy atom. The number of aromatic nitrogens is 1. The Kier molecular flexibility index (Phi) is 12.9. The number of cyclic esters (lactones) is 1. The molecule has 13 atom stereocenters. The predicted octanol–water partition coefficient (Wildman–Crippen LogP) is 4.66. The number of pyridine rings is 1. The zero-order chi connectivity index (χ0) is 40.5. The second kappa shape index (κ2) is 17.3. The van der Waals surface area contributed by atoms with Crippen molar-refractivity contribution in [3.63, 3.8) is 0 Å². The Balaban J connectivity index is 1.40. The van der Waals surface area contributed by atoms with Crippen LogP contribution in [0, 0.1) is 35.5 Å². The summed E-state index contributed by atoms with van der Waals surface area (Å²) in [5.41, 5.74) is 1.24. The normalized spacial score (nSPS) is 36.9. The van der Waals surface area contributed by atoms with Crippen LogP contribution in [-0.2, 0) is 33.3 Å². The summed E-state index contributed by atoms with van der Waals surface area (Å²) in [7, 11) is 3.80. The fourth-order valence-electron chi connectivity index (χ4n) is 9.46. The summed E-state index contributed by atoms with van der Waals surface area (Å²) in [6.07, 6.45) is -2.87. The Morgan fingerprint density at radius 1 is 1.05 bits per heavy atom. The number of esters is 1. The molecule has 3 saturated heterocycles. The second-order valence-electron chi connectivity index (χ2n) is 16.4. The maximum atomic E-state index is 14.1. The molecule has 13 nitrogen and oxygen atoms in total. The molecule has 0 aliphatic carbocycles. The summed E-state index contributed by atoms with van der Waals surface area (Å²) in [4.78, 5) is 54.4. The number of hydrogen-bond donors (Lipinski definition) is 1. The molecule has 1 aromatic heterocycles. The third kappa shape index (κ3) is 8.36. The van der Waals surface area contributed by atoms with Crippen LogP contribution in [0.25, 0.3) is 10.9 Å². The molecule has 3 fully saturated rings. The van der Waals surface area contributed by atoms with Crippen molar-refractivity contribution in [1.29, 1.82) is 0 Å². The highest BCUT2D eigenvalue weighted by Gasteiger charge is 2.60. The Hall–Kier alpha value is -3.93. The van der Waals surface area contributed by atoms with Gasteiger partial charge < -0.3 is 33.7 Å². The van der Waals surface area contributed by atoms with Crippen molar-refractivity contribution in [2.75, 3.05) is 33.8 Å². The number of likely N-dealkylation sites (N-methyl/N-ethyl adjacent to an activating group) is 1. The smallest absolute Gasteiger partial charge is 0.410 e. The fraction of sp³-hybridized carbons (Fsp3) is 0.651. The molecule has 56 heavy (non-hydrogen) atoms. The molecule has 0 radical (unpaired) electrons. The zero-order valence-corrected chi connectivity index (χ0v) is 34.1. The molecule has 1 N–H and O–H groups in total. The third-order valence-corrected chi connectivity index (χ3v) is 12.4. The number of fused-ring (bicyclic) bond motifs is 2. The molecule has 1 amide bonds. The van der Waals surface area contributed by atoms with Crippen LogP contribution in [0.3, 0.4) is 0 Å².